The minimum Gasteiger partial charge on any atom is -0.378 e. The molecule has 122 valence electrons. The van der Waals surface area contributed by atoms with Crippen molar-refractivity contribution in [3.63, 3.8) is 0 Å². The summed E-state index contributed by atoms with van der Waals surface area (Å²) < 4.78 is 32.8. The van der Waals surface area contributed by atoms with Crippen molar-refractivity contribution in [2.24, 2.45) is 0 Å². The van der Waals surface area contributed by atoms with E-state index in [9.17, 15) is 13.6 Å². The van der Waals surface area contributed by atoms with Crippen molar-refractivity contribution in [2.75, 3.05) is 19.8 Å². The molecule has 0 aliphatic carbocycles. The van der Waals surface area contributed by atoms with Crippen LogP contribution in [-0.4, -0.2) is 34.6 Å². The molecule has 1 N–H and O–H groups in total. The number of benzene rings is 1. The number of nitrogens with one attached hydrogen (secondary N) is 1. The SMILES string of the molecule is Cc1nc([C@@H]2COCCN2Cc2cccc(F)c2F)cc(=O)[nH]1. The molecule has 2 aromatic rings. The van der Waals surface area contributed by atoms with Gasteiger partial charge in [0.1, 0.15) is 5.82 Å². The molecule has 5 nitrogen and oxygen atoms in total. The summed E-state index contributed by atoms with van der Waals surface area (Å²) in [5.74, 6) is -1.19. The highest BCUT2D eigenvalue weighted by Crippen LogP contribution is 2.25. The molecule has 0 bridgehead atoms. The van der Waals surface area contributed by atoms with Crippen molar-refractivity contribution >= 4 is 0 Å². The van der Waals surface area contributed by atoms with E-state index >= 15 is 0 Å². The lowest BCUT2D eigenvalue weighted by Crippen LogP contribution is -2.40. The summed E-state index contributed by atoms with van der Waals surface area (Å²) in [5, 5.41) is 0. The second-order valence-electron chi connectivity index (χ2n) is 5.53. The fourth-order valence-electron chi connectivity index (χ4n) is 2.76. The number of halogens is 2. The number of rotatable bonds is 3. The summed E-state index contributed by atoms with van der Waals surface area (Å²) in [5.41, 5.74) is 0.608. The molecule has 0 radical (unpaired) electrons. The standard InChI is InChI=1S/C16H17F2N3O2/c1-10-19-13(7-15(22)20-10)14-9-23-6-5-21(14)8-11-3-2-4-12(17)16(11)18/h2-4,7,14H,5-6,8-9H2,1H3,(H,19,20,22)/t14-/m0/s1. The van der Waals surface area contributed by atoms with Crippen LogP contribution in [0.5, 0.6) is 0 Å². The molecule has 23 heavy (non-hydrogen) atoms. The Bertz CT molecular complexity index is 763. The summed E-state index contributed by atoms with van der Waals surface area (Å²) in [6.45, 7) is 3.33. The molecule has 1 aromatic heterocycles. The molecular formula is C16H17F2N3O2. The second-order valence-corrected chi connectivity index (χ2v) is 5.53. The predicted octanol–water partition coefficient (Wildman–Crippen LogP) is 1.93. The third-order valence-corrected chi connectivity index (χ3v) is 3.87. The van der Waals surface area contributed by atoms with E-state index in [0.29, 0.717) is 31.3 Å². The van der Waals surface area contributed by atoms with Gasteiger partial charge in [-0.15, -0.1) is 0 Å². The summed E-state index contributed by atoms with van der Waals surface area (Å²) in [4.78, 5) is 20.5. The van der Waals surface area contributed by atoms with Crippen LogP contribution in [0.1, 0.15) is 23.1 Å². The lowest BCUT2D eigenvalue weighted by atomic mass is 10.1. The lowest BCUT2D eigenvalue weighted by molar-refractivity contribution is -0.0148. The number of ether oxygens (including phenoxy) is 1. The zero-order chi connectivity index (χ0) is 16.4. The molecule has 1 aliphatic rings. The van der Waals surface area contributed by atoms with Crippen LogP contribution in [0.3, 0.4) is 0 Å². The second kappa shape index (κ2) is 6.55. The molecule has 0 unspecified atom stereocenters. The molecule has 1 aromatic carbocycles. The molecule has 1 aliphatic heterocycles. The van der Waals surface area contributed by atoms with Crippen molar-refractivity contribution in [3.05, 3.63) is 63.3 Å². The Labute approximate surface area is 131 Å². The zero-order valence-electron chi connectivity index (χ0n) is 12.7. The van der Waals surface area contributed by atoms with Crippen LogP contribution in [-0.2, 0) is 11.3 Å². The van der Waals surface area contributed by atoms with Crippen LogP contribution < -0.4 is 5.56 Å². The van der Waals surface area contributed by atoms with Crippen molar-refractivity contribution in [1.29, 1.82) is 0 Å². The maximum Gasteiger partial charge on any atom is 0.251 e. The molecule has 3 rings (SSSR count). The van der Waals surface area contributed by atoms with Gasteiger partial charge in [0.05, 0.1) is 24.9 Å². The summed E-state index contributed by atoms with van der Waals surface area (Å²) in [6.07, 6.45) is 0. The number of morpholine rings is 1. The monoisotopic (exact) mass is 321 g/mol. The molecule has 1 fully saturated rings. The summed E-state index contributed by atoms with van der Waals surface area (Å²) >= 11 is 0. The van der Waals surface area contributed by atoms with Gasteiger partial charge in [-0.2, -0.15) is 0 Å². The van der Waals surface area contributed by atoms with Gasteiger partial charge in [0.25, 0.3) is 5.56 Å². The smallest absolute Gasteiger partial charge is 0.251 e. The van der Waals surface area contributed by atoms with Gasteiger partial charge in [-0.3, -0.25) is 9.69 Å². The molecule has 0 spiro atoms. The zero-order valence-corrected chi connectivity index (χ0v) is 12.7. The summed E-state index contributed by atoms with van der Waals surface area (Å²) in [6, 6.07) is 5.28. The first-order chi connectivity index (χ1) is 11.0. The minimum absolute atomic E-state index is 0.227. The molecular weight excluding hydrogens is 304 g/mol. The fourth-order valence-corrected chi connectivity index (χ4v) is 2.76. The number of H-pyrrole nitrogens is 1. The first-order valence-electron chi connectivity index (χ1n) is 7.37. The molecule has 1 saturated heterocycles. The Morgan fingerprint density at radius 2 is 2.26 bits per heavy atom. The Morgan fingerprint density at radius 1 is 1.43 bits per heavy atom. The Kier molecular flexibility index (Phi) is 4.49. The topological polar surface area (TPSA) is 58.2 Å². The minimum atomic E-state index is -0.863. The van der Waals surface area contributed by atoms with Crippen LogP contribution in [0, 0.1) is 18.6 Å². The van der Waals surface area contributed by atoms with E-state index in [1.165, 1.54) is 12.1 Å². The first kappa shape index (κ1) is 15.8. The van der Waals surface area contributed by atoms with Gasteiger partial charge in [-0.25, -0.2) is 13.8 Å². The van der Waals surface area contributed by atoms with Gasteiger partial charge in [0.15, 0.2) is 11.6 Å². The maximum atomic E-state index is 13.9. The van der Waals surface area contributed by atoms with Gasteiger partial charge in [0, 0.05) is 24.7 Å². The fraction of sp³-hybridized carbons (Fsp3) is 0.375. The van der Waals surface area contributed by atoms with Crippen LogP contribution in [0.4, 0.5) is 8.78 Å². The van der Waals surface area contributed by atoms with Gasteiger partial charge in [-0.1, -0.05) is 12.1 Å². The van der Waals surface area contributed by atoms with E-state index in [2.05, 4.69) is 9.97 Å². The largest absolute Gasteiger partial charge is 0.378 e. The first-order valence-corrected chi connectivity index (χ1v) is 7.37. The Balaban J connectivity index is 1.89. The van der Waals surface area contributed by atoms with Crippen molar-refractivity contribution in [2.45, 2.75) is 19.5 Å². The van der Waals surface area contributed by atoms with E-state index in [1.807, 2.05) is 4.90 Å². The Morgan fingerprint density at radius 3 is 3.04 bits per heavy atom. The lowest BCUT2D eigenvalue weighted by Gasteiger charge is -2.35. The quantitative estimate of drug-likeness (QED) is 0.938. The third-order valence-electron chi connectivity index (χ3n) is 3.87. The van der Waals surface area contributed by atoms with E-state index in [-0.39, 0.29) is 23.7 Å². The van der Waals surface area contributed by atoms with Crippen LogP contribution in [0.2, 0.25) is 0 Å². The van der Waals surface area contributed by atoms with Crippen molar-refractivity contribution in [3.8, 4) is 0 Å². The van der Waals surface area contributed by atoms with Crippen LogP contribution in [0.25, 0.3) is 0 Å². The number of aromatic nitrogens is 2. The van der Waals surface area contributed by atoms with Gasteiger partial charge in [-0.05, 0) is 13.0 Å². The average molecular weight is 321 g/mol. The van der Waals surface area contributed by atoms with E-state index < -0.39 is 11.6 Å². The van der Waals surface area contributed by atoms with Crippen LogP contribution in [0.15, 0.2) is 29.1 Å². The highest BCUT2D eigenvalue weighted by Gasteiger charge is 2.27. The van der Waals surface area contributed by atoms with Gasteiger partial charge < -0.3 is 9.72 Å². The van der Waals surface area contributed by atoms with Crippen molar-refractivity contribution < 1.29 is 13.5 Å². The normalized spacial score (nSPS) is 19.0. The number of hydrogen-bond donors (Lipinski definition) is 1. The molecule has 1 atom stereocenters. The van der Waals surface area contributed by atoms with Gasteiger partial charge >= 0.3 is 0 Å². The highest BCUT2D eigenvalue weighted by atomic mass is 19.2. The van der Waals surface area contributed by atoms with Crippen LogP contribution >= 0.6 is 0 Å². The molecule has 0 saturated carbocycles. The third kappa shape index (κ3) is 3.46. The van der Waals surface area contributed by atoms with Gasteiger partial charge in [0.2, 0.25) is 0 Å². The molecule has 2 heterocycles. The highest BCUT2D eigenvalue weighted by molar-refractivity contribution is 5.20. The number of nitrogens with zero attached hydrogens (tertiary/aromatic N) is 2. The average Bonchev–Trinajstić information content (AvgIpc) is 2.51. The maximum absolute atomic E-state index is 13.9. The molecule has 7 heteroatoms. The van der Waals surface area contributed by atoms with Crippen molar-refractivity contribution in [1.82, 2.24) is 14.9 Å². The number of aryl methyl sites for hydroxylation is 1. The predicted molar refractivity (Wildman–Crippen MR) is 79.9 cm³/mol. The van der Waals surface area contributed by atoms with E-state index in [1.54, 1.807) is 13.0 Å². The van der Waals surface area contributed by atoms with E-state index in [4.69, 9.17) is 4.74 Å². The Hall–Kier alpha value is -2.12. The number of aromatic amines is 1. The number of hydrogen-bond acceptors (Lipinski definition) is 4. The summed E-state index contributed by atoms with van der Waals surface area (Å²) in [7, 11) is 0. The van der Waals surface area contributed by atoms with E-state index in [0.717, 1.165) is 6.07 Å². The molecule has 0 amide bonds.